The van der Waals surface area contributed by atoms with E-state index in [1.165, 1.54) is 11.0 Å². The molecule has 2 heterocycles. The summed E-state index contributed by atoms with van der Waals surface area (Å²) in [6.07, 6.45) is 1.78. The summed E-state index contributed by atoms with van der Waals surface area (Å²) >= 11 is 0. The van der Waals surface area contributed by atoms with Crippen LogP contribution in [0.15, 0.2) is 24.3 Å². The van der Waals surface area contributed by atoms with E-state index in [1.807, 2.05) is 6.07 Å². The largest absolute Gasteiger partial charge is 0.347 e. The minimum atomic E-state index is -0.243. The van der Waals surface area contributed by atoms with E-state index in [1.54, 1.807) is 31.1 Å². The number of nitrogens with zero attached hydrogens (tertiary/aromatic N) is 3. The van der Waals surface area contributed by atoms with Gasteiger partial charge in [-0.05, 0) is 31.4 Å². The molecule has 6 heteroatoms. The molecule has 0 aromatic heterocycles. The van der Waals surface area contributed by atoms with Gasteiger partial charge in [0, 0.05) is 32.7 Å². The van der Waals surface area contributed by atoms with Gasteiger partial charge in [-0.15, -0.1) is 0 Å². The molecular weight excluding hydrogens is 309 g/mol. The zero-order valence-corrected chi connectivity index (χ0v) is 14.2. The molecule has 24 heavy (non-hydrogen) atoms. The molecule has 0 N–H and O–H groups in total. The Morgan fingerprint density at radius 2 is 2.08 bits per heavy atom. The zero-order valence-electron chi connectivity index (χ0n) is 14.2. The monoisotopic (exact) mass is 333 g/mol. The van der Waals surface area contributed by atoms with Crippen LogP contribution in [0.5, 0.6) is 0 Å². The Bertz CT molecular complexity index is 634. The summed E-state index contributed by atoms with van der Waals surface area (Å²) in [5.41, 5.74) is 0.616. The molecule has 0 unspecified atom stereocenters. The predicted octanol–water partition coefficient (Wildman–Crippen LogP) is 1.34. The van der Waals surface area contributed by atoms with E-state index in [-0.39, 0.29) is 30.2 Å². The number of hydrogen-bond acceptors (Lipinski definition) is 3. The molecule has 2 aliphatic rings. The first-order valence-electron chi connectivity index (χ1n) is 8.42. The number of benzene rings is 1. The average molecular weight is 333 g/mol. The van der Waals surface area contributed by atoms with E-state index in [2.05, 4.69) is 4.90 Å². The van der Waals surface area contributed by atoms with Crippen molar-refractivity contribution in [3.05, 3.63) is 35.6 Å². The van der Waals surface area contributed by atoms with Gasteiger partial charge >= 0.3 is 0 Å². The average Bonchev–Trinajstić information content (AvgIpc) is 2.56. The lowest BCUT2D eigenvalue weighted by atomic mass is 9.85. The Labute approximate surface area is 142 Å². The lowest BCUT2D eigenvalue weighted by Gasteiger charge is -2.46. The number of fused-ring (bicyclic) bond motifs is 2. The van der Waals surface area contributed by atoms with Crippen LogP contribution in [0.4, 0.5) is 4.39 Å². The molecule has 1 aromatic carbocycles. The van der Waals surface area contributed by atoms with Crippen LogP contribution in [-0.2, 0) is 16.1 Å². The van der Waals surface area contributed by atoms with Crippen molar-refractivity contribution < 1.29 is 14.0 Å². The maximum atomic E-state index is 13.9. The first-order chi connectivity index (χ1) is 11.5. The smallest absolute Gasteiger partial charge is 0.241 e. The van der Waals surface area contributed by atoms with Crippen molar-refractivity contribution in [1.82, 2.24) is 14.7 Å². The van der Waals surface area contributed by atoms with Crippen LogP contribution in [0.1, 0.15) is 18.4 Å². The molecule has 2 fully saturated rings. The van der Waals surface area contributed by atoms with Crippen molar-refractivity contribution in [2.24, 2.45) is 5.92 Å². The number of likely N-dealkylation sites (N-methyl/N-ethyl adjacent to an activating group) is 1. The molecule has 2 amide bonds. The predicted molar refractivity (Wildman–Crippen MR) is 88.6 cm³/mol. The second kappa shape index (κ2) is 6.89. The third-order valence-corrected chi connectivity index (χ3v) is 5.05. The fraction of sp³-hybridized carbons (Fsp3) is 0.556. The minimum Gasteiger partial charge on any atom is -0.347 e. The van der Waals surface area contributed by atoms with Crippen LogP contribution in [0.3, 0.4) is 0 Å². The number of hydrogen-bond donors (Lipinski definition) is 0. The highest BCUT2D eigenvalue weighted by Gasteiger charge is 2.41. The number of amides is 2. The highest BCUT2D eigenvalue weighted by atomic mass is 19.1. The molecule has 2 aliphatic heterocycles. The van der Waals surface area contributed by atoms with E-state index < -0.39 is 0 Å². The summed E-state index contributed by atoms with van der Waals surface area (Å²) < 4.78 is 13.9. The summed E-state index contributed by atoms with van der Waals surface area (Å²) in [7, 11) is 3.39. The van der Waals surface area contributed by atoms with E-state index in [0.29, 0.717) is 24.6 Å². The normalized spacial score (nSPS) is 24.1. The van der Waals surface area contributed by atoms with E-state index in [9.17, 15) is 14.0 Å². The van der Waals surface area contributed by atoms with Gasteiger partial charge in [0.05, 0.1) is 12.6 Å². The molecule has 0 aliphatic carbocycles. The van der Waals surface area contributed by atoms with Gasteiger partial charge in [0.1, 0.15) is 5.82 Å². The molecule has 0 spiro atoms. The number of likely N-dealkylation sites (tertiary alicyclic amines) is 2. The highest BCUT2D eigenvalue weighted by molar-refractivity contribution is 5.88. The van der Waals surface area contributed by atoms with Crippen molar-refractivity contribution in [1.29, 1.82) is 0 Å². The maximum absolute atomic E-state index is 13.9. The van der Waals surface area contributed by atoms with Crippen LogP contribution in [0, 0.1) is 11.7 Å². The van der Waals surface area contributed by atoms with Crippen molar-refractivity contribution in [2.45, 2.75) is 25.4 Å². The second-order valence-electron chi connectivity index (χ2n) is 6.98. The maximum Gasteiger partial charge on any atom is 0.241 e. The fourth-order valence-corrected chi connectivity index (χ4v) is 3.60. The Balaban J connectivity index is 1.72. The topological polar surface area (TPSA) is 43.9 Å². The fourth-order valence-electron chi connectivity index (χ4n) is 3.60. The third kappa shape index (κ3) is 3.43. The number of halogens is 1. The lowest BCUT2D eigenvalue weighted by molar-refractivity contribution is -0.150. The van der Waals surface area contributed by atoms with Gasteiger partial charge in [-0.1, -0.05) is 18.2 Å². The molecule has 1 aromatic rings. The molecule has 0 radical (unpaired) electrons. The number of carbonyl (C=O) groups excluding carboxylic acids is 2. The van der Waals surface area contributed by atoms with E-state index in [4.69, 9.17) is 0 Å². The lowest BCUT2D eigenvalue weighted by Crippen LogP contribution is -2.59. The summed E-state index contributed by atoms with van der Waals surface area (Å²) in [6.45, 7) is 2.02. The Morgan fingerprint density at radius 3 is 2.79 bits per heavy atom. The van der Waals surface area contributed by atoms with Crippen molar-refractivity contribution >= 4 is 11.8 Å². The van der Waals surface area contributed by atoms with Crippen LogP contribution in [0.25, 0.3) is 0 Å². The van der Waals surface area contributed by atoms with Gasteiger partial charge in [-0.25, -0.2) is 4.39 Å². The van der Waals surface area contributed by atoms with Gasteiger partial charge < -0.3 is 9.80 Å². The van der Waals surface area contributed by atoms with Gasteiger partial charge in [0.15, 0.2) is 0 Å². The summed E-state index contributed by atoms with van der Waals surface area (Å²) in [5, 5.41) is 0. The molecule has 2 saturated heterocycles. The van der Waals surface area contributed by atoms with Crippen molar-refractivity contribution in [3.63, 3.8) is 0 Å². The standard InChI is InChI=1S/C18H24FN3O2/c1-20(2)17(23)12-22-10-13-7-8-21(16(9-13)18(22)24)11-14-5-3-4-6-15(14)19/h3-6,13,16H,7-12H2,1-2H3/t13-,16+/m0/s1. The Kier molecular flexibility index (Phi) is 4.85. The van der Waals surface area contributed by atoms with Gasteiger partial charge in [0.25, 0.3) is 0 Å². The van der Waals surface area contributed by atoms with E-state index in [0.717, 1.165) is 19.4 Å². The van der Waals surface area contributed by atoms with Crippen molar-refractivity contribution in [2.75, 3.05) is 33.7 Å². The quantitative estimate of drug-likeness (QED) is 0.835. The first kappa shape index (κ1) is 16.9. The van der Waals surface area contributed by atoms with Crippen molar-refractivity contribution in [3.8, 4) is 0 Å². The Morgan fingerprint density at radius 1 is 1.33 bits per heavy atom. The van der Waals surface area contributed by atoms with Crippen LogP contribution < -0.4 is 0 Å². The highest BCUT2D eigenvalue weighted by Crippen LogP contribution is 2.31. The molecule has 2 bridgehead atoms. The molecule has 130 valence electrons. The SMILES string of the molecule is CN(C)C(=O)CN1C[C@H]2CCN(Cc3ccccc3F)[C@H](C2)C1=O. The van der Waals surface area contributed by atoms with Crippen LogP contribution in [-0.4, -0.2) is 66.3 Å². The molecule has 0 saturated carbocycles. The summed E-state index contributed by atoms with van der Waals surface area (Å²) in [6, 6.07) is 6.46. The first-order valence-corrected chi connectivity index (χ1v) is 8.42. The minimum absolute atomic E-state index is 0.00232. The van der Waals surface area contributed by atoms with E-state index >= 15 is 0 Å². The number of piperidine rings is 2. The van der Waals surface area contributed by atoms with Crippen LogP contribution >= 0.6 is 0 Å². The molecule has 5 nitrogen and oxygen atoms in total. The molecular formula is C18H24FN3O2. The third-order valence-electron chi connectivity index (χ3n) is 5.05. The summed E-state index contributed by atoms with van der Waals surface area (Å²) in [4.78, 5) is 30.0. The second-order valence-corrected chi connectivity index (χ2v) is 6.98. The van der Waals surface area contributed by atoms with Gasteiger partial charge in [0.2, 0.25) is 11.8 Å². The van der Waals surface area contributed by atoms with Gasteiger partial charge in [-0.2, -0.15) is 0 Å². The van der Waals surface area contributed by atoms with Gasteiger partial charge in [-0.3, -0.25) is 14.5 Å². The molecule has 3 rings (SSSR count). The molecule has 2 atom stereocenters. The number of carbonyl (C=O) groups is 2. The summed E-state index contributed by atoms with van der Waals surface area (Å²) in [5.74, 6) is 0.128. The Hall–Kier alpha value is -1.95. The number of rotatable bonds is 4. The zero-order chi connectivity index (χ0) is 17.3. The van der Waals surface area contributed by atoms with Crippen LogP contribution in [0.2, 0.25) is 0 Å².